The fraction of sp³-hybridized carbons (Fsp3) is 0.250. The molecule has 2 rings (SSSR count). The number of aliphatic hydroxyl groups is 1. The summed E-state index contributed by atoms with van der Waals surface area (Å²) in [4.78, 5) is 0. The average molecular weight is 262 g/mol. The van der Waals surface area contributed by atoms with Crippen LogP contribution in [0.3, 0.4) is 0 Å². The van der Waals surface area contributed by atoms with Gasteiger partial charge in [0.15, 0.2) is 11.6 Å². The molecule has 1 N–H and O–H groups in total. The first-order chi connectivity index (χ1) is 9.11. The van der Waals surface area contributed by atoms with E-state index >= 15 is 0 Å². The minimum Gasteiger partial charge on any atom is -0.384 e. The summed E-state index contributed by atoms with van der Waals surface area (Å²) in [6, 6.07) is 11.0. The van der Waals surface area contributed by atoms with Gasteiger partial charge in [-0.3, -0.25) is 0 Å². The fourth-order valence-corrected chi connectivity index (χ4v) is 2.03. The zero-order valence-corrected chi connectivity index (χ0v) is 10.7. The van der Waals surface area contributed by atoms with Crippen molar-refractivity contribution in [2.75, 3.05) is 0 Å². The van der Waals surface area contributed by atoms with Crippen molar-refractivity contribution in [3.63, 3.8) is 0 Å². The van der Waals surface area contributed by atoms with E-state index in [0.717, 1.165) is 25.0 Å². The van der Waals surface area contributed by atoms with E-state index in [1.54, 1.807) is 0 Å². The summed E-state index contributed by atoms with van der Waals surface area (Å²) >= 11 is 0. The van der Waals surface area contributed by atoms with Crippen LogP contribution in [-0.2, 0) is 6.42 Å². The molecule has 0 heterocycles. The van der Waals surface area contributed by atoms with Gasteiger partial charge in [0, 0.05) is 0 Å². The van der Waals surface area contributed by atoms with Gasteiger partial charge in [0.25, 0.3) is 0 Å². The van der Waals surface area contributed by atoms with Gasteiger partial charge < -0.3 is 5.11 Å². The molecule has 0 aliphatic rings. The SMILES string of the molecule is CCCc1ccc(C(O)c2ccc(F)c(F)c2)cc1. The Labute approximate surface area is 111 Å². The standard InChI is InChI=1S/C16H16F2O/c1-2-3-11-4-6-12(7-5-11)16(19)13-8-9-14(17)15(18)10-13/h4-10,16,19H,2-3H2,1H3. The monoisotopic (exact) mass is 262 g/mol. The smallest absolute Gasteiger partial charge is 0.159 e. The number of benzene rings is 2. The van der Waals surface area contributed by atoms with E-state index in [9.17, 15) is 13.9 Å². The Morgan fingerprint density at radius 1 is 0.947 bits per heavy atom. The van der Waals surface area contributed by atoms with Crippen LogP contribution in [0.1, 0.15) is 36.1 Å². The van der Waals surface area contributed by atoms with Crippen LogP contribution < -0.4 is 0 Å². The van der Waals surface area contributed by atoms with E-state index in [0.29, 0.717) is 11.1 Å². The number of halogens is 2. The Balaban J connectivity index is 2.22. The molecule has 3 heteroatoms. The molecule has 0 spiro atoms. The van der Waals surface area contributed by atoms with Crippen molar-refractivity contribution >= 4 is 0 Å². The lowest BCUT2D eigenvalue weighted by molar-refractivity contribution is 0.219. The van der Waals surface area contributed by atoms with Gasteiger partial charge in [-0.05, 0) is 35.2 Å². The predicted octanol–water partition coefficient (Wildman–Crippen LogP) is 4.00. The van der Waals surface area contributed by atoms with E-state index in [1.807, 2.05) is 24.3 Å². The molecular weight excluding hydrogens is 246 g/mol. The molecule has 0 bridgehead atoms. The van der Waals surface area contributed by atoms with Crippen molar-refractivity contribution in [2.45, 2.75) is 25.9 Å². The molecule has 0 radical (unpaired) electrons. The lowest BCUT2D eigenvalue weighted by Crippen LogP contribution is -2.01. The number of rotatable bonds is 4. The van der Waals surface area contributed by atoms with Crippen LogP contribution in [0.4, 0.5) is 8.78 Å². The highest BCUT2D eigenvalue weighted by Gasteiger charge is 2.12. The number of hydrogen-bond donors (Lipinski definition) is 1. The van der Waals surface area contributed by atoms with E-state index in [4.69, 9.17) is 0 Å². The maximum absolute atomic E-state index is 13.1. The molecule has 0 amide bonds. The first-order valence-electron chi connectivity index (χ1n) is 6.33. The van der Waals surface area contributed by atoms with Crippen molar-refractivity contribution in [3.05, 3.63) is 70.8 Å². The molecule has 0 saturated heterocycles. The third-order valence-electron chi connectivity index (χ3n) is 3.09. The van der Waals surface area contributed by atoms with Gasteiger partial charge in [0.05, 0.1) is 0 Å². The van der Waals surface area contributed by atoms with Gasteiger partial charge in [-0.25, -0.2) is 8.78 Å². The second kappa shape index (κ2) is 5.93. The number of hydrogen-bond acceptors (Lipinski definition) is 1. The third kappa shape index (κ3) is 3.18. The number of aliphatic hydroxyl groups excluding tert-OH is 1. The summed E-state index contributed by atoms with van der Waals surface area (Å²) in [7, 11) is 0. The molecule has 0 aliphatic heterocycles. The van der Waals surface area contributed by atoms with Crippen molar-refractivity contribution in [1.29, 1.82) is 0 Å². The molecule has 19 heavy (non-hydrogen) atoms. The molecule has 0 aromatic heterocycles. The first kappa shape index (κ1) is 13.7. The Morgan fingerprint density at radius 3 is 2.16 bits per heavy atom. The largest absolute Gasteiger partial charge is 0.384 e. The Bertz CT molecular complexity index is 549. The highest BCUT2D eigenvalue weighted by Crippen LogP contribution is 2.23. The first-order valence-corrected chi connectivity index (χ1v) is 6.33. The van der Waals surface area contributed by atoms with E-state index < -0.39 is 17.7 Å². The fourth-order valence-electron chi connectivity index (χ4n) is 2.03. The number of aryl methyl sites for hydroxylation is 1. The van der Waals surface area contributed by atoms with E-state index in [1.165, 1.54) is 11.6 Å². The van der Waals surface area contributed by atoms with Gasteiger partial charge in [-0.15, -0.1) is 0 Å². The van der Waals surface area contributed by atoms with Crippen molar-refractivity contribution in [2.24, 2.45) is 0 Å². The van der Waals surface area contributed by atoms with Crippen LogP contribution in [0.2, 0.25) is 0 Å². The zero-order chi connectivity index (χ0) is 13.8. The molecule has 1 unspecified atom stereocenters. The third-order valence-corrected chi connectivity index (χ3v) is 3.09. The van der Waals surface area contributed by atoms with Crippen molar-refractivity contribution in [3.8, 4) is 0 Å². The Morgan fingerprint density at radius 2 is 1.58 bits per heavy atom. The second-order valence-corrected chi connectivity index (χ2v) is 4.57. The minimum atomic E-state index is -0.945. The normalized spacial score (nSPS) is 12.4. The Hall–Kier alpha value is -1.74. The highest BCUT2D eigenvalue weighted by molar-refractivity contribution is 5.32. The van der Waals surface area contributed by atoms with Gasteiger partial charge >= 0.3 is 0 Å². The molecule has 2 aromatic rings. The molecular formula is C16H16F2O. The van der Waals surface area contributed by atoms with Crippen LogP contribution in [0, 0.1) is 11.6 Å². The van der Waals surface area contributed by atoms with Crippen LogP contribution >= 0.6 is 0 Å². The minimum absolute atomic E-state index is 0.349. The maximum atomic E-state index is 13.1. The summed E-state index contributed by atoms with van der Waals surface area (Å²) in [5.74, 6) is -1.85. The van der Waals surface area contributed by atoms with Crippen molar-refractivity contribution < 1.29 is 13.9 Å². The van der Waals surface area contributed by atoms with Crippen molar-refractivity contribution in [1.82, 2.24) is 0 Å². The van der Waals surface area contributed by atoms with Crippen LogP contribution in [0.25, 0.3) is 0 Å². The maximum Gasteiger partial charge on any atom is 0.159 e. The molecule has 0 saturated carbocycles. The van der Waals surface area contributed by atoms with Gasteiger partial charge in [0.2, 0.25) is 0 Å². The Kier molecular flexibility index (Phi) is 4.27. The molecule has 2 aromatic carbocycles. The summed E-state index contributed by atoms with van der Waals surface area (Å²) in [5.41, 5.74) is 2.22. The molecule has 1 nitrogen and oxygen atoms in total. The zero-order valence-electron chi connectivity index (χ0n) is 10.7. The lowest BCUT2D eigenvalue weighted by atomic mass is 9.99. The molecule has 0 fully saturated rings. The summed E-state index contributed by atoms with van der Waals surface area (Å²) < 4.78 is 26.0. The molecule has 100 valence electrons. The highest BCUT2D eigenvalue weighted by atomic mass is 19.2. The predicted molar refractivity (Wildman–Crippen MR) is 70.9 cm³/mol. The average Bonchev–Trinajstić information content (AvgIpc) is 2.42. The van der Waals surface area contributed by atoms with Gasteiger partial charge in [0.1, 0.15) is 6.10 Å². The summed E-state index contributed by atoms with van der Waals surface area (Å²) in [5, 5.41) is 10.1. The van der Waals surface area contributed by atoms with Crippen LogP contribution in [0.15, 0.2) is 42.5 Å². The van der Waals surface area contributed by atoms with E-state index in [-0.39, 0.29) is 0 Å². The quantitative estimate of drug-likeness (QED) is 0.883. The summed E-state index contributed by atoms with van der Waals surface area (Å²) in [6.45, 7) is 2.10. The lowest BCUT2D eigenvalue weighted by Gasteiger charge is -2.12. The molecule has 0 aliphatic carbocycles. The second-order valence-electron chi connectivity index (χ2n) is 4.57. The summed E-state index contributed by atoms with van der Waals surface area (Å²) in [6.07, 6.45) is 1.11. The molecule has 1 atom stereocenters. The van der Waals surface area contributed by atoms with Crippen LogP contribution in [-0.4, -0.2) is 5.11 Å². The van der Waals surface area contributed by atoms with E-state index in [2.05, 4.69) is 6.92 Å². The van der Waals surface area contributed by atoms with Crippen LogP contribution in [0.5, 0.6) is 0 Å². The van der Waals surface area contributed by atoms with Gasteiger partial charge in [-0.1, -0.05) is 43.7 Å². The topological polar surface area (TPSA) is 20.2 Å². The van der Waals surface area contributed by atoms with Gasteiger partial charge in [-0.2, -0.15) is 0 Å².